The molecule has 1 saturated heterocycles. The third-order valence-corrected chi connectivity index (χ3v) is 9.50. The highest BCUT2D eigenvalue weighted by molar-refractivity contribution is 6.31. The van der Waals surface area contributed by atoms with E-state index in [0.717, 1.165) is 31.2 Å². The van der Waals surface area contributed by atoms with Crippen molar-refractivity contribution < 1.29 is 34.2 Å². The first-order valence-electron chi connectivity index (χ1n) is 16.0. The van der Waals surface area contributed by atoms with Gasteiger partial charge in [0.25, 0.3) is 0 Å². The van der Waals surface area contributed by atoms with Crippen molar-refractivity contribution in [1.29, 1.82) is 0 Å². The number of rotatable bonds is 11. The topological polar surface area (TPSA) is 158 Å². The van der Waals surface area contributed by atoms with Gasteiger partial charge in [0.2, 0.25) is 17.7 Å². The van der Waals surface area contributed by atoms with E-state index >= 15 is 0 Å². The van der Waals surface area contributed by atoms with E-state index in [-0.39, 0.29) is 37.7 Å². The minimum absolute atomic E-state index is 0.0302. The molecule has 3 aliphatic rings. The van der Waals surface area contributed by atoms with Gasteiger partial charge in [-0.25, -0.2) is 4.79 Å². The number of aliphatic hydroxyl groups is 1. The van der Waals surface area contributed by atoms with E-state index in [1.54, 1.807) is 23.1 Å². The van der Waals surface area contributed by atoms with Crippen LogP contribution in [0.3, 0.4) is 0 Å². The second-order valence-electron chi connectivity index (χ2n) is 13.9. The maximum atomic E-state index is 14.2. The van der Waals surface area contributed by atoms with Gasteiger partial charge in [-0.3, -0.25) is 14.4 Å². The third-order valence-electron chi connectivity index (χ3n) is 9.27. The molecule has 1 spiro atoms. The largest absolute Gasteiger partial charge is 0.479 e. The van der Waals surface area contributed by atoms with Crippen molar-refractivity contribution >= 4 is 41.0 Å². The fourth-order valence-corrected chi connectivity index (χ4v) is 6.93. The number of aliphatic hydroxyl groups excluding tert-OH is 1. The molecule has 5 atom stereocenters. The fourth-order valence-electron chi connectivity index (χ4n) is 6.74. The minimum Gasteiger partial charge on any atom is -0.479 e. The van der Waals surface area contributed by atoms with Crippen molar-refractivity contribution in [3.8, 4) is 0 Å². The van der Waals surface area contributed by atoms with Crippen LogP contribution in [0.25, 0.3) is 0 Å². The van der Waals surface area contributed by atoms with Crippen molar-refractivity contribution in [2.75, 3.05) is 13.1 Å². The van der Waals surface area contributed by atoms with Crippen LogP contribution in [0.2, 0.25) is 5.02 Å². The van der Waals surface area contributed by atoms with Crippen LogP contribution in [0.5, 0.6) is 0 Å². The molecule has 248 valence electrons. The van der Waals surface area contributed by atoms with Crippen LogP contribution in [-0.2, 0) is 24.0 Å². The molecule has 12 heteroatoms. The van der Waals surface area contributed by atoms with Gasteiger partial charge in [-0.15, -0.1) is 0 Å². The summed E-state index contributed by atoms with van der Waals surface area (Å²) in [5.74, 6) is -3.09. The molecule has 2 fully saturated rings. The highest BCUT2D eigenvalue weighted by atomic mass is 35.5. The third kappa shape index (κ3) is 8.35. The molecule has 1 aromatic carbocycles. The molecule has 0 bridgehead atoms. The average molecular weight is 647 g/mol. The van der Waals surface area contributed by atoms with Crippen LogP contribution in [0, 0.1) is 17.3 Å². The first-order chi connectivity index (χ1) is 21.2. The normalized spacial score (nSPS) is 24.0. The number of amides is 3. The Hall–Kier alpha value is -3.18. The van der Waals surface area contributed by atoms with Crippen LogP contribution in [0.15, 0.2) is 29.4 Å². The van der Waals surface area contributed by atoms with Gasteiger partial charge < -0.3 is 30.6 Å². The molecule has 45 heavy (non-hydrogen) atoms. The molecule has 2 heterocycles. The van der Waals surface area contributed by atoms with Gasteiger partial charge in [0, 0.05) is 30.0 Å². The molecule has 4 rings (SSSR count). The highest BCUT2D eigenvalue weighted by Gasteiger charge is 2.58. The molecule has 3 amide bonds. The Labute approximate surface area is 270 Å². The zero-order chi connectivity index (χ0) is 32.9. The van der Waals surface area contributed by atoms with Crippen LogP contribution in [0.1, 0.15) is 91.0 Å². The summed E-state index contributed by atoms with van der Waals surface area (Å²) in [5.41, 5.74) is -0.579. The summed E-state index contributed by atoms with van der Waals surface area (Å²) < 4.78 is 0. The number of likely N-dealkylation sites (tertiary alicyclic amines) is 1. The number of aliphatic carboxylic acids is 1. The lowest BCUT2D eigenvalue weighted by Gasteiger charge is -2.34. The number of hydrogen-bond donors (Lipinski definition) is 4. The lowest BCUT2D eigenvalue weighted by molar-refractivity contribution is -0.149. The highest BCUT2D eigenvalue weighted by Crippen LogP contribution is 2.41. The Morgan fingerprint density at radius 2 is 1.87 bits per heavy atom. The van der Waals surface area contributed by atoms with Gasteiger partial charge in [0.05, 0.1) is 18.3 Å². The monoisotopic (exact) mass is 646 g/mol. The van der Waals surface area contributed by atoms with E-state index < -0.39 is 47.0 Å². The predicted octanol–water partition coefficient (Wildman–Crippen LogP) is 3.89. The number of carboxylic acids is 1. The lowest BCUT2D eigenvalue weighted by Crippen LogP contribution is -2.55. The van der Waals surface area contributed by atoms with Crippen LogP contribution in [0.4, 0.5) is 0 Å². The fraction of sp³-hybridized carbons (Fsp3) is 0.667. The molecule has 4 N–H and O–H groups in total. The Kier molecular flexibility index (Phi) is 11.2. The molecule has 1 aromatic rings. The molecule has 2 unspecified atom stereocenters. The van der Waals surface area contributed by atoms with E-state index in [0.29, 0.717) is 29.5 Å². The molecule has 0 aromatic heterocycles. The van der Waals surface area contributed by atoms with E-state index in [1.165, 1.54) is 6.42 Å². The second-order valence-corrected chi connectivity index (χ2v) is 14.4. The summed E-state index contributed by atoms with van der Waals surface area (Å²) in [5, 5.41) is 30.3. The van der Waals surface area contributed by atoms with Gasteiger partial charge in [-0.05, 0) is 42.7 Å². The first-order valence-corrected chi connectivity index (χ1v) is 16.4. The number of carbonyl (C=O) groups excluding carboxylic acids is 3. The van der Waals surface area contributed by atoms with E-state index in [2.05, 4.69) is 15.8 Å². The van der Waals surface area contributed by atoms with Gasteiger partial charge >= 0.3 is 5.97 Å². The van der Waals surface area contributed by atoms with Crippen molar-refractivity contribution in [1.82, 2.24) is 15.5 Å². The average Bonchev–Trinajstić information content (AvgIpc) is 3.59. The number of carboxylic acid groups (broad SMARTS) is 1. The second kappa shape index (κ2) is 14.5. The quantitative estimate of drug-likeness (QED) is 0.284. The van der Waals surface area contributed by atoms with E-state index in [4.69, 9.17) is 16.4 Å². The number of benzene rings is 1. The molecule has 0 radical (unpaired) electrons. The maximum absolute atomic E-state index is 14.2. The number of halogens is 1. The predicted molar refractivity (Wildman–Crippen MR) is 170 cm³/mol. The zero-order valence-electron chi connectivity index (χ0n) is 26.7. The van der Waals surface area contributed by atoms with Crippen molar-refractivity contribution in [3.63, 3.8) is 0 Å². The zero-order valence-corrected chi connectivity index (χ0v) is 27.4. The number of hydrogen-bond acceptors (Lipinski definition) is 7. The number of nitrogens with zero attached hydrogens (tertiary/aromatic N) is 2. The Morgan fingerprint density at radius 1 is 1.16 bits per heavy atom. The van der Waals surface area contributed by atoms with Crippen LogP contribution in [-0.4, -0.2) is 81.4 Å². The molecule has 11 nitrogen and oxygen atoms in total. The summed E-state index contributed by atoms with van der Waals surface area (Å²) in [4.78, 5) is 60.4. The molecular formula is C33H47ClN4O7. The SMILES string of the molecule is CCC[C@H](NC(=O)C1CN(C(=O)[C@@H](NC(=O)CC2CCCCC2)C(C)(C)C)C[C@]12CC(c1cccc(Cl)c1)=NO2)C(O)C(=O)O. The van der Waals surface area contributed by atoms with E-state index in [1.807, 2.05) is 33.8 Å². The van der Waals surface area contributed by atoms with Crippen LogP contribution >= 0.6 is 11.6 Å². The molecule has 1 saturated carbocycles. The minimum atomic E-state index is -1.79. The summed E-state index contributed by atoms with van der Waals surface area (Å²) in [6, 6.07) is 5.22. The Bertz CT molecular complexity index is 1290. The van der Waals surface area contributed by atoms with Crippen LogP contribution < -0.4 is 10.6 Å². The van der Waals surface area contributed by atoms with E-state index in [9.17, 15) is 29.4 Å². The lowest BCUT2D eigenvalue weighted by atomic mass is 9.84. The van der Waals surface area contributed by atoms with Crippen molar-refractivity contribution in [2.24, 2.45) is 22.4 Å². The Morgan fingerprint density at radius 3 is 2.49 bits per heavy atom. The number of carbonyl (C=O) groups is 4. The summed E-state index contributed by atoms with van der Waals surface area (Å²) in [7, 11) is 0. The summed E-state index contributed by atoms with van der Waals surface area (Å²) in [6.07, 6.45) is 4.98. The summed E-state index contributed by atoms with van der Waals surface area (Å²) >= 11 is 6.22. The Balaban J connectivity index is 1.58. The number of nitrogens with one attached hydrogen (secondary N) is 2. The summed E-state index contributed by atoms with van der Waals surface area (Å²) in [6.45, 7) is 7.49. The smallest absolute Gasteiger partial charge is 0.334 e. The van der Waals surface area contributed by atoms with Gasteiger partial charge in [-0.1, -0.05) is 82.3 Å². The van der Waals surface area contributed by atoms with Crippen molar-refractivity contribution in [3.05, 3.63) is 34.9 Å². The maximum Gasteiger partial charge on any atom is 0.334 e. The van der Waals surface area contributed by atoms with Gasteiger partial charge in [0.1, 0.15) is 12.0 Å². The number of oxime groups is 1. The van der Waals surface area contributed by atoms with Gasteiger partial charge in [-0.2, -0.15) is 0 Å². The molecule has 1 aliphatic carbocycles. The molecular weight excluding hydrogens is 600 g/mol. The standard InChI is InChI=1S/C33H47ClN4O7/c1-5-10-24(27(40)31(43)44)35-29(41)23-18-38(19-33(23)17-25(37-45-33)21-13-9-14-22(34)16-21)30(42)28(32(2,3)4)36-26(39)15-20-11-7-6-8-12-20/h9,13-14,16,20,23-24,27-28,40H,5-8,10-12,15,17-19H2,1-4H3,(H,35,41)(H,36,39)(H,43,44)/t23?,24-,27?,28+,33+/m0/s1. The first kappa shape index (κ1) is 34.7. The molecule has 2 aliphatic heterocycles. The van der Waals surface area contributed by atoms with Crippen molar-refractivity contribution in [2.45, 2.75) is 109 Å². The van der Waals surface area contributed by atoms with Gasteiger partial charge in [0.15, 0.2) is 11.7 Å².